The first-order chi connectivity index (χ1) is 13.2. The second-order valence-corrected chi connectivity index (χ2v) is 7.73. The van der Waals surface area contributed by atoms with Gasteiger partial charge in [0, 0.05) is 31.7 Å². The molecule has 27 heavy (non-hydrogen) atoms. The van der Waals surface area contributed by atoms with Crippen LogP contribution in [0.2, 0.25) is 0 Å². The van der Waals surface area contributed by atoms with Crippen molar-refractivity contribution < 1.29 is 4.79 Å². The van der Waals surface area contributed by atoms with Crippen LogP contribution in [0.3, 0.4) is 0 Å². The van der Waals surface area contributed by atoms with Crippen molar-refractivity contribution in [2.24, 2.45) is 0 Å². The number of unbranched alkanes of at least 4 members (excludes halogenated alkanes) is 1. The number of hydrogen-bond donors (Lipinski definition) is 1. The summed E-state index contributed by atoms with van der Waals surface area (Å²) < 4.78 is 1.63. The van der Waals surface area contributed by atoms with Crippen molar-refractivity contribution in [1.82, 2.24) is 34.5 Å². The zero-order valence-electron chi connectivity index (χ0n) is 16.3. The van der Waals surface area contributed by atoms with Crippen LogP contribution in [0.5, 0.6) is 0 Å². The maximum atomic E-state index is 12.9. The van der Waals surface area contributed by atoms with E-state index >= 15 is 0 Å². The third-order valence-electron chi connectivity index (χ3n) is 6.27. The lowest BCUT2D eigenvalue weighted by molar-refractivity contribution is -0.138. The van der Waals surface area contributed by atoms with E-state index in [1.165, 1.54) is 30.6 Å². The molecule has 0 aliphatic carbocycles. The average molecular weight is 371 g/mol. The molecule has 1 unspecified atom stereocenters. The molecule has 2 aliphatic rings. The normalized spacial score (nSPS) is 20.6. The fourth-order valence-corrected chi connectivity index (χ4v) is 4.64. The van der Waals surface area contributed by atoms with Crippen LogP contribution in [0.25, 0.3) is 0 Å². The van der Waals surface area contributed by atoms with Gasteiger partial charge in [-0.25, -0.2) is 14.6 Å². The molecule has 4 rings (SSSR count). The lowest BCUT2D eigenvalue weighted by atomic mass is 9.78. The van der Waals surface area contributed by atoms with E-state index in [0.29, 0.717) is 0 Å². The summed E-state index contributed by atoms with van der Waals surface area (Å²) in [6.45, 7) is 7.81. The van der Waals surface area contributed by atoms with Gasteiger partial charge in [0.1, 0.15) is 18.7 Å². The number of piperidine rings is 1. The topological polar surface area (TPSA) is 82.9 Å². The van der Waals surface area contributed by atoms with E-state index in [1.54, 1.807) is 11.0 Å². The van der Waals surface area contributed by atoms with E-state index in [4.69, 9.17) is 4.98 Å². The van der Waals surface area contributed by atoms with Crippen LogP contribution < -0.4 is 0 Å². The van der Waals surface area contributed by atoms with Gasteiger partial charge in [-0.05, 0) is 32.7 Å². The molecular weight excluding hydrogens is 342 g/mol. The van der Waals surface area contributed by atoms with E-state index in [1.807, 2.05) is 18.2 Å². The van der Waals surface area contributed by atoms with E-state index in [9.17, 15) is 4.79 Å². The van der Waals surface area contributed by atoms with Gasteiger partial charge in [-0.3, -0.25) is 9.69 Å². The highest BCUT2D eigenvalue weighted by Crippen LogP contribution is 2.42. The molecule has 8 heteroatoms. The summed E-state index contributed by atoms with van der Waals surface area (Å²) >= 11 is 0. The fourth-order valence-electron chi connectivity index (χ4n) is 4.64. The molecule has 1 amide bonds. The molecule has 0 radical (unpaired) electrons. The maximum absolute atomic E-state index is 12.9. The number of likely N-dealkylation sites (tertiary alicyclic amines) is 1. The Morgan fingerprint density at radius 2 is 2.15 bits per heavy atom. The van der Waals surface area contributed by atoms with Gasteiger partial charge >= 0.3 is 0 Å². The maximum Gasteiger partial charge on any atom is 0.247 e. The molecule has 146 valence electrons. The molecule has 0 bridgehead atoms. The minimum atomic E-state index is -0.315. The zero-order valence-corrected chi connectivity index (χ0v) is 16.3. The number of carbonyl (C=O) groups excluding carboxylic acids is 1. The molecular formula is C19H29N7O. The Balaban J connectivity index is 1.51. The lowest BCUT2D eigenvalue weighted by Crippen LogP contribution is -2.57. The van der Waals surface area contributed by atoms with Crippen molar-refractivity contribution in [2.75, 3.05) is 26.2 Å². The second kappa shape index (κ2) is 7.42. The standard InChI is InChI=1S/C19H29N7O/c1-3-4-8-25-9-5-16-17(22-13-21-16)19(25)6-10-24(11-7-19)18(27)15(2)26-14-20-12-23-26/h12-15H,3-11H2,1-2H3,(H,21,22). The smallest absolute Gasteiger partial charge is 0.247 e. The van der Waals surface area contributed by atoms with Crippen LogP contribution in [0, 0.1) is 0 Å². The molecule has 8 nitrogen and oxygen atoms in total. The number of nitrogens with zero attached hydrogens (tertiary/aromatic N) is 6. The predicted octanol–water partition coefficient (Wildman–Crippen LogP) is 1.74. The first-order valence-corrected chi connectivity index (χ1v) is 10.1. The Kier molecular flexibility index (Phi) is 4.99. The number of imidazole rings is 1. The van der Waals surface area contributed by atoms with Gasteiger partial charge in [-0.1, -0.05) is 13.3 Å². The van der Waals surface area contributed by atoms with Crippen molar-refractivity contribution in [3.63, 3.8) is 0 Å². The van der Waals surface area contributed by atoms with E-state index in [0.717, 1.165) is 45.4 Å². The van der Waals surface area contributed by atoms with Gasteiger partial charge in [0.05, 0.1) is 17.6 Å². The van der Waals surface area contributed by atoms with Crippen molar-refractivity contribution in [3.8, 4) is 0 Å². The summed E-state index contributed by atoms with van der Waals surface area (Å²) in [5, 5.41) is 4.12. The Morgan fingerprint density at radius 3 is 2.85 bits per heavy atom. The van der Waals surface area contributed by atoms with Crippen LogP contribution in [0.15, 0.2) is 19.0 Å². The van der Waals surface area contributed by atoms with Crippen molar-refractivity contribution in [2.45, 2.75) is 57.5 Å². The second-order valence-electron chi connectivity index (χ2n) is 7.73. The van der Waals surface area contributed by atoms with Gasteiger partial charge in [-0.2, -0.15) is 5.10 Å². The number of aromatic amines is 1. The van der Waals surface area contributed by atoms with Gasteiger partial charge in [0.2, 0.25) is 5.91 Å². The Bertz CT molecular complexity index is 761. The highest BCUT2D eigenvalue weighted by atomic mass is 16.2. The van der Waals surface area contributed by atoms with Gasteiger partial charge in [0.25, 0.3) is 0 Å². The Hall–Kier alpha value is -2.22. The third kappa shape index (κ3) is 3.16. The third-order valence-corrected chi connectivity index (χ3v) is 6.27. The molecule has 1 saturated heterocycles. The largest absolute Gasteiger partial charge is 0.348 e. The fraction of sp³-hybridized carbons (Fsp3) is 0.684. The van der Waals surface area contributed by atoms with Gasteiger partial charge in [0.15, 0.2) is 0 Å². The van der Waals surface area contributed by atoms with Crippen LogP contribution >= 0.6 is 0 Å². The average Bonchev–Trinajstić information content (AvgIpc) is 3.39. The monoisotopic (exact) mass is 371 g/mol. The predicted molar refractivity (Wildman–Crippen MR) is 101 cm³/mol. The summed E-state index contributed by atoms with van der Waals surface area (Å²) in [5.74, 6) is 0.119. The molecule has 1 spiro atoms. The molecule has 1 fully saturated rings. The number of aromatic nitrogens is 5. The first-order valence-electron chi connectivity index (χ1n) is 10.1. The summed E-state index contributed by atoms with van der Waals surface area (Å²) in [4.78, 5) is 29.5. The molecule has 2 aromatic heterocycles. The number of carbonyl (C=O) groups is 1. The van der Waals surface area contributed by atoms with Crippen molar-refractivity contribution >= 4 is 5.91 Å². The zero-order chi connectivity index (χ0) is 18.9. The molecule has 2 aromatic rings. The highest BCUT2D eigenvalue weighted by molar-refractivity contribution is 5.80. The number of rotatable bonds is 5. The highest BCUT2D eigenvalue weighted by Gasteiger charge is 2.47. The van der Waals surface area contributed by atoms with Crippen molar-refractivity contribution in [1.29, 1.82) is 0 Å². The van der Waals surface area contributed by atoms with Crippen LogP contribution in [-0.4, -0.2) is 66.6 Å². The molecule has 4 heterocycles. The Labute approximate surface area is 160 Å². The summed E-state index contributed by atoms with van der Waals surface area (Å²) in [6.07, 6.45) is 10.2. The summed E-state index contributed by atoms with van der Waals surface area (Å²) in [6, 6.07) is -0.315. The van der Waals surface area contributed by atoms with Gasteiger partial charge in [-0.15, -0.1) is 0 Å². The number of hydrogen-bond acceptors (Lipinski definition) is 5. The Morgan fingerprint density at radius 1 is 1.33 bits per heavy atom. The number of amides is 1. The van der Waals surface area contributed by atoms with E-state index in [-0.39, 0.29) is 17.5 Å². The van der Waals surface area contributed by atoms with Crippen LogP contribution in [0.1, 0.15) is 57.0 Å². The molecule has 1 N–H and O–H groups in total. The summed E-state index contributed by atoms with van der Waals surface area (Å²) in [7, 11) is 0. The molecule has 2 aliphatic heterocycles. The van der Waals surface area contributed by atoms with E-state index in [2.05, 4.69) is 26.9 Å². The minimum Gasteiger partial charge on any atom is -0.348 e. The molecule has 1 atom stereocenters. The summed E-state index contributed by atoms with van der Waals surface area (Å²) in [5.41, 5.74) is 2.45. The first kappa shape index (κ1) is 18.2. The van der Waals surface area contributed by atoms with Crippen molar-refractivity contribution in [3.05, 3.63) is 30.4 Å². The number of H-pyrrole nitrogens is 1. The lowest BCUT2D eigenvalue weighted by Gasteiger charge is -2.50. The number of fused-ring (bicyclic) bond motifs is 2. The minimum absolute atomic E-state index is 0.0317. The van der Waals surface area contributed by atoms with Gasteiger partial charge < -0.3 is 9.88 Å². The van der Waals surface area contributed by atoms with Crippen LogP contribution in [0.4, 0.5) is 0 Å². The SMILES string of the molecule is CCCCN1CCc2[nH]cnc2C12CCN(C(=O)C(C)n1cncn1)CC2. The quantitative estimate of drug-likeness (QED) is 0.866. The number of nitrogens with one attached hydrogen (secondary N) is 1. The van der Waals surface area contributed by atoms with Crippen LogP contribution in [-0.2, 0) is 16.8 Å². The molecule has 0 saturated carbocycles. The molecule has 0 aromatic carbocycles. The van der Waals surface area contributed by atoms with E-state index < -0.39 is 0 Å².